The molecule has 0 saturated heterocycles. The van der Waals surface area contributed by atoms with Gasteiger partial charge in [-0.1, -0.05) is 12.8 Å². The highest BCUT2D eigenvalue weighted by atomic mass is 19.3. The van der Waals surface area contributed by atoms with Crippen molar-refractivity contribution in [2.75, 3.05) is 34.8 Å². The number of carbonyl (C=O) groups excluding carboxylic acids is 1. The van der Waals surface area contributed by atoms with E-state index in [-0.39, 0.29) is 18.2 Å². The zero-order chi connectivity index (χ0) is 21.4. The quantitative estimate of drug-likeness (QED) is 0.507. The number of methoxy groups -OCH3 is 1. The molecule has 1 fully saturated rings. The fraction of sp³-hybridized carbons (Fsp3) is 0.600. The molecule has 0 spiro atoms. The SMILES string of the molecule is CN=C(NCc1ccc(OC)cc1OC(F)F)NCC1(C(=O)N(C)C)CCCC1. The van der Waals surface area contributed by atoms with Crippen LogP contribution in [0.5, 0.6) is 11.5 Å². The highest BCUT2D eigenvalue weighted by Crippen LogP contribution is 2.38. The first-order chi connectivity index (χ1) is 13.8. The molecule has 7 nitrogen and oxygen atoms in total. The van der Waals surface area contributed by atoms with E-state index in [9.17, 15) is 13.6 Å². The van der Waals surface area contributed by atoms with Crippen molar-refractivity contribution in [2.45, 2.75) is 38.8 Å². The van der Waals surface area contributed by atoms with Crippen LogP contribution >= 0.6 is 0 Å². The summed E-state index contributed by atoms with van der Waals surface area (Å²) in [7, 11) is 6.61. The van der Waals surface area contributed by atoms with Crippen molar-refractivity contribution in [3.63, 3.8) is 0 Å². The standard InChI is InChI=1S/C20H30F2N4O3/c1-23-19(25-13-20(9-5-6-10-20)17(27)26(2)3)24-12-14-7-8-15(28-4)11-16(14)29-18(21)22/h7-8,11,18H,5-6,9-10,12-13H2,1-4H3,(H2,23,24,25). The van der Waals surface area contributed by atoms with Crippen molar-refractivity contribution in [3.05, 3.63) is 23.8 Å². The number of carbonyl (C=O) groups is 1. The van der Waals surface area contributed by atoms with E-state index in [1.807, 2.05) is 0 Å². The number of benzene rings is 1. The maximum absolute atomic E-state index is 12.7. The predicted octanol–water partition coefficient (Wildman–Crippen LogP) is 2.61. The Morgan fingerprint density at radius 2 is 1.97 bits per heavy atom. The smallest absolute Gasteiger partial charge is 0.387 e. The molecule has 2 rings (SSSR count). The number of aliphatic imine (C=N–C) groups is 1. The molecule has 1 aromatic rings. The number of guanidine groups is 1. The Kier molecular flexibility index (Phi) is 8.04. The van der Waals surface area contributed by atoms with Crippen molar-refractivity contribution in [1.82, 2.24) is 15.5 Å². The molecule has 1 aromatic carbocycles. The minimum Gasteiger partial charge on any atom is -0.497 e. The third-order valence-electron chi connectivity index (χ3n) is 5.18. The predicted molar refractivity (Wildman–Crippen MR) is 107 cm³/mol. The Morgan fingerprint density at radius 1 is 1.28 bits per heavy atom. The molecule has 29 heavy (non-hydrogen) atoms. The van der Waals surface area contributed by atoms with Gasteiger partial charge in [0.2, 0.25) is 5.91 Å². The van der Waals surface area contributed by atoms with Crippen LogP contribution in [-0.4, -0.2) is 58.2 Å². The number of hydrogen-bond acceptors (Lipinski definition) is 4. The first-order valence-electron chi connectivity index (χ1n) is 9.59. The summed E-state index contributed by atoms with van der Waals surface area (Å²) < 4.78 is 35.1. The van der Waals surface area contributed by atoms with E-state index in [4.69, 9.17) is 4.74 Å². The molecule has 1 amide bonds. The molecule has 1 saturated carbocycles. The number of ether oxygens (including phenoxy) is 2. The van der Waals surface area contributed by atoms with Gasteiger partial charge in [-0.05, 0) is 25.0 Å². The van der Waals surface area contributed by atoms with Crippen LogP contribution in [-0.2, 0) is 11.3 Å². The average Bonchev–Trinajstić information content (AvgIpc) is 3.17. The summed E-state index contributed by atoms with van der Waals surface area (Å²) in [4.78, 5) is 18.5. The number of amides is 1. The Morgan fingerprint density at radius 3 is 2.52 bits per heavy atom. The molecule has 0 aromatic heterocycles. The summed E-state index contributed by atoms with van der Waals surface area (Å²) >= 11 is 0. The molecule has 162 valence electrons. The van der Waals surface area contributed by atoms with Crippen molar-refractivity contribution in [3.8, 4) is 11.5 Å². The van der Waals surface area contributed by atoms with Crippen molar-refractivity contribution >= 4 is 11.9 Å². The fourth-order valence-corrected chi connectivity index (χ4v) is 3.66. The third kappa shape index (κ3) is 5.95. The van der Waals surface area contributed by atoms with Crippen molar-refractivity contribution in [2.24, 2.45) is 10.4 Å². The van der Waals surface area contributed by atoms with Crippen molar-refractivity contribution in [1.29, 1.82) is 0 Å². The Balaban J connectivity index is 2.03. The minimum absolute atomic E-state index is 0.0392. The van der Waals surface area contributed by atoms with Gasteiger partial charge in [0.25, 0.3) is 0 Å². The van der Waals surface area contributed by atoms with Crippen LogP contribution in [0.25, 0.3) is 0 Å². The normalized spacial score (nSPS) is 15.9. The van der Waals surface area contributed by atoms with Crippen LogP contribution in [0.2, 0.25) is 0 Å². The van der Waals surface area contributed by atoms with Crippen LogP contribution in [0.3, 0.4) is 0 Å². The third-order valence-corrected chi connectivity index (χ3v) is 5.18. The molecule has 0 aliphatic heterocycles. The van der Waals surface area contributed by atoms with Gasteiger partial charge in [-0.15, -0.1) is 0 Å². The first-order valence-corrected chi connectivity index (χ1v) is 9.59. The molecule has 0 atom stereocenters. The summed E-state index contributed by atoms with van der Waals surface area (Å²) in [5.74, 6) is 1.07. The van der Waals surface area contributed by atoms with Gasteiger partial charge in [0.05, 0.1) is 12.5 Å². The summed E-state index contributed by atoms with van der Waals surface area (Å²) in [6.07, 6.45) is 3.71. The highest BCUT2D eigenvalue weighted by molar-refractivity contribution is 5.85. The summed E-state index contributed by atoms with van der Waals surface area (Å²) in [6.45, 7) is -2.25. The monoisotopic (exact) mass is 412 g/mol. The number of alkyl halides is 2. The summed E-state index contributed by atoms with van der Waals surface area (Å²) in [6, 6.07) is 4.75. The van der Waals surface area contributed by atoms with E-state index in [1.54, 1.807) is 38.2 Å². The first kappa shape index (κ1) is 22.7. The highest BCUT2D eigenvalue weighted by Gasteiger charge is 2.42. The molecule has 1 aliphatic carbocycles. The topological polar surface area (TPSA) is 75.2 Å². The summed E-state index contributed by atoms with van der Waals surface area (Å²) in [5, 5.41) is 6.31. The molecule has 0 heterocycles. The van der Waals surface area contributed by atoms with E-state index >= 15 is 0 Å². The van der Waals surface area contributed by atoms with E-state index in [2.05, 4.69) is 20.4 Å². The number of rotatable bonds is 8. The van der Waals surface area contributed by atoms with Gasteiger partial charge in [0, 0.05) is 45.9 Å². The number of halogens is 2. The maximum Gasteiger partial charge on any atom is 0.387 e. The largest absolute Gasteiger partial charge is 0.497 e. The zero-order valence-corrected chi connectivity index (χ0v) is 17.4. The lowest BCUT2D eigenvalue weighted by Crippen LogP contribution is -2.49. The average molecular weight is 412 g/mol. The Labute approximate surface area is 170 Å². The lowest BCUT2D eigenvalue weighted by Gasteiger charge is -2.31. The van der Waals surface area contributed by atoms with Crippen molar-refractivity contribution < 1.29 is 23.0 Å². The maximum atomic E-state index is 12.7. The van der Waals surface area contributed by atoms with Gasteiger partial charge < -0.3 is 25.0 Å². The van der Waals surface area contributed by atoms with Crippen LogP contribution in [0.15, 0.2) is 23.2 Å². The zero-order valence-electron chi connectivity index (χ0n) is 17.4. The molecular formula is C20H30F2N4O3. The van der Waals surface area contributed by atoms with Gasteiger partial charge in [0.1, 0.15) is 11.5 Å². The lowest BCUT2D eigenvalue weighted by molar-refractivity contribution is -0.138. The second kappa shape index (κ2) is 10.3. The molecular weight excluding hydrogens is 382 g/mol. The Bertz CT molecular complexity index is 720. The van der Waals surface area contributed by atoms with E-state index in [0.717, 1.165) is 25.7 Å². The van der Waals surface area contributed by atoms with Gasteiger partial charge in [-0.3, -0.25) is 9.79 Å². The molecule has 2 N–H and O–H groups in total. The van der Waals surface area contributed by atoms with Gasteiger partial charge in [-0.25, -0.2) is 0 Å². The number of nitrogens with zero attached hydrogens (tertiary/aromatic N) is 2. The molecule has 1 aliphatic rings. The second-order valence-electron chi connectivity index (χ2n) is 7.32. The van der Waals surface area contributed by atoms with Gasteiger partial charge in [0.15, 0.2) is 5.96 Å². The second-order valence-corrected chi connectivity index (χ2v) is 7.32. The van der Waals surface area contributed by atoms with Crippen LogP contribution in [0, 0.1) is 5.41 Å². The van der Waals surface area contributed by atoms with Gasteiger partial charge >= 0.3 is 6.61 Å². The van der Waals surface area contributed by atoms with Crippen LogP contribution in [0.1, 0.15) is 31.2 Å². The summed E-state index contributed by atoms with van der Waals surface area (Å²) in [5.41, 5.74) is 0.0968. The van der Waals surface area contributed by atoms with Crippen LogP contribution in [0.4, 0.5) is 8.78 Å². The molecule has 9 heteroatoms. The molecule has 0 bridgehead atoms. The van der Waals surface area contributed by atoms with E-state index < -0.39 is 12.0 Å². The molecule has 0 unspecified atom stereocenters. The minimum atomic E-state index is -2.93. The van der Waals surface area contributed by atoms with E-state index in [0.29, 0.717) is 23.8 Å². The fourth-order valence-electron chi connectivity index (χ4n) is 3.66. The lowest BCUT2D eigenvalue weighted by atomic mass is 9.84. The molecule has 0 radical (unpaired) electrons. The Hall–Kier alpha value is -2.58. The van der Waals surface area contributed by atoms with Gasteiger partial charge in [-0.2, -0.15) is 8.78 Å². The number of nitrogens with one attached hydrogen (secondary N) is 2. The van der Waals surface area contributed by atoms with Crippen LogP contribution < -0.4 is 20.1 Å². The van der Waals surface area contributed by atoms with E-state index in [1.165, 1.54) is 13.2 Å². The number of hydrogen-bond donors (Lipinski definition) is 2.